The first-order valence-corrected chi connectivity index (χ1v) is 6.30. The second-order valence-electron chi connectivity index (χ2n) is 4.33. The second-order valence-corrected chi connectivity index (χ2v) is 4.33. The average molecular weight is 285 g/mol. The lowest BCUT2D eigenvalue weighted by atomic mass is 10.2. The zero-order valence-electron chi connectivity index (χ0n) is 11.6. The van der Waals surface area contributed by atoms with Gasteiger partial charge in [-0.05, 0) is 12.1 Å². The number of H-pyrrole nitrogens is 1. The Labute approximate surface area is 120 Å². The zero-order valence-corrected chi connectivity index (χ0v) is 11.6. The molecular formula is C13H15N7O. The Morgan fingerprint density at radius 1 is 1.29 bits per heavy atom. The van der Waals surface area contributed by atoms with Crippen LogP contribution in [0.15, 0.2) is 24.5 Å². The summed E-state index contributed by atoms with van der Waals surface area (Å²) in [6.45, 7) is 0. The number of nitrogen functional groups attached to an aromatic ring is 1. The van der Waals surface area contributed by atoms with Gasteiger partial charge in [0.05, 0.1) is 19.1 Å². The fraction of sp³-hybridized carbons (Fsp3) is 0.154. The SMILES string of the molecule is CNc1nc(Nc2ccc(N)c(OC)c2)nc2nc[nH]c12. The monoisotopic (exact) mass is 285 g/mol. The second kappa shape index (κ2) is 5.16. The van der Waals surface area contributed by atoms with E-state index in [1.54, 1.807) is 32.6 Å². The predicted molar refractivity (Wildman–Crippen MR) is 81.9 cm³/mol. The van der Waals surface area contributed by atoms with Crippen LogP contribution in [-0.2, 0) is 0 Å². The van der Waals surface area contributed by atoms with Crippen molar-refractivity contribution in [2.45, 2.75) is 0 Å². The molecule has 0 bridgehead atoms. The third-order valence-electron chi connectivity index (χ3n) is 3.01. The molecule has 21 heavy (non-hydrogen) atoms. The fourth-order valence-electron chi connectivity index (χ4n) is 1.99. The van der Waals surface area contributed by atoms with Crippen LogP contribution >= 0.6 is 0 Å². The molecule has 0 aliphatic rings. The fourth-order valence-corrected chi connectivity index (χ4v) is 1.99. The van der Waals surface area contributed by atoms with Gasteiger partial charge in [0.25, 0.3) is 0 Å². The van der Waals surface area contributed by atoms with Gasteiger partial charge in [-0.3, -0.25) is 0 Å². The van der Waals surface area contributed by atoms with E-state index >= 15 is 0 Å². The lowest BCUT2D eigenvalue weighted by Gasteiger charge is -2.10. The first-order chi connectivity index (χ1) is 10.2. The van der Waals surface area contributed by atoms with Crippen LogP contribution in [0.25, 0.3) is 11.2 Å². The molecule has 0 saturated heterocycles. The molecule has 0 spiro atoms. The number of nitrogens with two attached hydrogens (primary N) is 1. The Bertz CT molecular complexity index is 783. The number of ether oxygens (including phenoxy) is 1. The van der Waals surface area contributed by atoms with E-state index in [1.165, 1.54) is 0 Å². The number of methoxy groups -OCH3 is 1. The summed E-state index contributed by atoms with van der Waals surface area (Å²) in [5, 5.41) is 6.12. The van der Waals surface area contributed by atoms with Crippen molar-refractivity contribution in [3.05, 3.63) is 24.5 Å². The minimum Gasteiger partial charge on any atom is -0.495 e. The Morgan fingerprint density at radius 2 is 2.14 bits per heavy atom. The van der Waals surface area contributed by atoms with E-state index in [0.717, 1.165) is 11.2 Å². The number of hydrogen-bond acceptors (Lipinski definition) is 7. The van der Waals surface area contributed by atoms with Crippen LogP contribution in [0.3, 0.4) is 0 Å². The van der Waals surface area contributed by atoms with E-state index in [1.807, 2.05) is 6.07 Å². The van der Waals surface area contributed by atoms with Crippen LogP contribution < -0.4 is 21.1 Å². The lowest BCUT2D eigenvalue weighted by molar-refractivity contribution is 0.417. The van der Waals surface area contributed by atoms with Gasteiger partial charge in [-0.25, -0.2) is 4.98 Å². The number of fused-ring (bicyclic) bond motifs is 1. The summed E-state index contributed by atoms with van der Waals surface area (Å²) in [5.74, 6) is 1.70. The summed E-state index contributed by atoms with van der Waals surface area (Å²) >= 11 is 0. The van der Waals surface area contributed by atoms with E-state index in [0.29, 0.717) is 28.9 Å². The number of aromatic nitrogens is 4. The van der Waals surface area contributed by atoms with Crippen LogP contribution in [0.2, 0.25) is 0 Å². The van der Waals surface area contributed by atoms with Gasteiger partial charge in [-0.2, -0.15) is 9.97 Å². The zero-order chi connectivity index (χ0) is 14.8. The Hall–Kier alpha value is -3.03. The normalized spacial score (nSPS) is 10.6. The minimum atomic E-state index is 0.436. The molecule has 108 valence electrons. The molecule has 0 atom stereocenters. The van der Waals surface area contributed by atoms with Gasteiger partial charge in [0.15, 0.2) is 11.5 Å². The lowest BCUT2D eigenvalue weighted by Crippen LogP contribution is -2.02. The quantitative estimate of drug-likeness (QED) is 0.540. The molecule has 0 fully saturated rings. The van der Waals surface area contributed by atoms with Gasteiger partial charge in [-0.1, -0.05) is 0 Å². The maximum atomic E-state index is 5.79. The molecule has 8 heteroatoms. The van der Waals surface area contributed by atoms with Gasteiger partial charge in [0.2, 0.25) is 5.95 Å². The molecule has 0 aliphatic carbocycles. The maximum absolute atomic E-state index is 5.79. The largest absolute Gasteiger partial charge is 0.495 e. The highest BCUT2D eigenvalue weighted by molar-refractivity contribution is 5.84. The van der Waals surface area contributed by atoms with Gasteiger partial charge >= 0.3 is 0 Å². The summed E-state index contributed by atoms with van der Waals surface area (Å²) in [6.07, 6.45) is 1.58. The number of nitrogens with one attached hydrogen (secondary N) is 3. The standard InChI is InChI=1S/C13H15N7O/c1-15-11-10-12(17-6-16-10)20-13(19-11)18-7-3-4-8(14)9(5-7)21-2/h3-6H,14H2,1-2H3,(H3,15,16,17,18,19,20). The first kappa shape index (κ1) is 13.0. The highest BCUT2D eigenvalue weighted by atomic mass is 16.5. The third-order valence-corrected chi connectivity index (χ3v) is 3.01. The maximum Gasteiger partial charge on any atom is 0.231 e. The molecular weight excluding hydrogens is 270 g/mol. The van der Waals surface area contributed by atoms with E-state index < -0.39 is 0 Å². The van der Waals surface area contributed by atoms with E-state index in [2.05, 4.69) is 30.6 Å². The highest BCUT2D eigenvalue weighted by Crippen LogP contribution is 2.27. The molecule has 5 N–H and O–H groups in total. The van der Waals surface area contributed by atoms with E-state index in [9.17, 15) is 0 Å². The topological polar surface area (TPSA) is 114 Å². The number of aromatic amines is 1. The van der Waals surface area contributed by atoms with Crippen LogP contribution in [0, 0.1) is 0 Å². The summed E-state index contributed by atoms with van der Waals surface area (Å²) in [6, 6.07) is 5.37. The van der Waals surface area contributed by atoms with Crippen LogP contribution in [0.1, 0.15) is 0 Å². The molecule has 3 rings (SSSR count). The van der Waals surface area contributed by atoms with Gasteiger partial charge in [-0.15, -0.1) is 0 Å². The van der Waals surface area contributed by atoms with Crippen molar-refractivity contribution >= 4 is 34.3 Å². The van der Waals surface area contributed by atoms with Crippen LogP contribution in [0.5, 0.6) is 5.75 Å². The molecule has 3 aromatic rings. The van der Waals surface area contributed by atoms with E-state index in [-0.39, 0.29) is 0 Å². The Balaban J connectivity index is 1.97. The molecule has 1 aromatic carbocycles. The molecule has 0 radical (unpaired) electrons. The number of benzene rings is 1. The van der Waals surface area contributed by atoms with Crippen molar-refractivity contribution in [2.75, 3.05) is 30.5 Å². The van der Waals surface area contributed by atoms with Crippen molar-refractivity contribution < 1.29 is 4.74 Å². The van der Waals surface area contributed by atoms with E-state index in [4.69, 9.17) is 10.5 Å². The van der Waals surface area contributed by atoms with Gasteiger partial charge < -0.3 is 26.1 Å². The molecule has 2 aromatic heterocycles. The summed E-state index contributed by atoms with van der Waals surface area (Å²) in [5.41, 5.74) is 8.48. The molecule has 2 heterocycles. The average Bonchev–Trinajstić information content (AvgIpc) is 2.96. The summed E-state index contributed by atoms with van der Waals surface area (Å²) in [7, 11) is 3.36. The highest BCUT2D eigenvalue weighted by Gasteiger charge is 2.09. The van der Waals surface area contributed by atoms with Gasteiger partial charge in [0, 0.05) is 18.8 Å². The van der Waals surface area contributed by atoms with Crippen molar-refractivity contribution in [2.24, 2.45) is 0 Å². The predicted octanol–water partition coefficient (Wildman–Crippen LogP) is 1.73. The molecule has 0 amide bonds. The van der Waals surface area contributed by atoms with Crippen molar-refractivity contribution in [1.29, 1.82) is 0 Å². The Kier molecular flexibility index (Phi) is 3.19. The number of rotatable bonds is 4. The summed E-state index contributed by atoms with van der Waals surface area (Å²) in [4.78, 5) is 15.9. The van der Waals surface area contributed by atoms with Crippen molar-refractivity contribution in [1.82, 2.24) is 19.9 Å². The number of imidazole rings is 1. The Morgan fingerprint density at radius 3 is 2.90 bits per heavy atom. The number of anilines is 4. The van der Waals surface area contributed by atoms with Gasteiger partial charge in [0.1, 0.15) is 11.3 Å². The minimum absolute atomic E-state index is 0.436. The van der Waals surface area contributed by atoms with Crippen LogP contribution in [0.4, 0.5) is 23.1 Å². The van der Waals surface area contributed by atoms with Crippen molar-refractivity contribution in [3.63, 3.8) is 0 Å². The molecule has 8 nitrogen and oxygen atoms in total. The number of hydrogen-bond donors (Lipinski definition) is 4. The third kappa shape index (κ3) is 2.38. The summed E-state index contributed by atoms with van der Waals surface area (Å²) < 4.78 is 5.19. The molecule has 0 unspecified atom stereocenters. The number of nitrogens with zero attached hydrogens (tertiary/aromatic N) is 3. The van der Waals surface area contributed by atoms with Crippen molar-refractivity contribution in [3.8, 4) is 5.75 Å². The smallest absolute Gasteiger partial charge is 0.231 e. The van der Waals surface area contributed by atoms with Crippen LogP contribution in [-0.4, -0.2) is 34.1 Å². The first-order valence-electron chi connectivity index (χ1n) is 6.30. The molecule has 0 saturated carbocycles. The molecule has 0 aliphatic heterocycles.